The van der Waals surface area contributed by atoms with Gasteiger partial charge in [0.25, 0.3) is 0 Å². The number of nitrogens with zero attached hydrogens (tertiary/aromatic N) is 3. The number of carbonyl (C=O) groups is 1. The lowest BCUT2D eigenvalue weighted by atomic mass is 9.97. The molecule has 0 spiro atoms. The molecular weight excluding hydrogens is 463 g/mol. The second-order valence-corrected chi connectivity index (χ2v) is 10.1. The minimum atomic E-state index is -0.540. The first-order valence-electron chi connectivity index (χ1n) is 12.3. The van der Waals surface area contributed by atoms with Crippen LogP contribution < -0.4 is 21.1 Å². The van der Waals surface area contributed by atoms with Gasteiger partial charge in [-0.1, -0.05) is 0 Å². The molecule has 2 aliphatic heterocycles. The van der Waals surface area contributed by atoms with Crippen LogP contribution in [0.5, 0.6) is 5.88 Å². The number of fused-ring (bicyclic) bond motifs is 3. The molecule has 2 aromatic heterocycles. The van der Waals surface area contributed by atoms with Gasteiger partial charge in [0.1, 0.15) is 24.2 Å². The molecule has 0 radical (unpaired) electrons. The maximum atomic E-state index is 15.4. The number of hydrogen-bond donors (Lipinski definition) is 3. The molecule has 1 saturated carbocycles. The lowest BCUT2D eigenvalue weighted by Gasteiger charge is -2.23. The van der Waals surface area contributed by atoms with Gasteiger partial charge < -0.3 is 25.4 Å². The van der Waals surface area contributed by atoms with Gasteiger partial charge in [0.05, 0.1) is 5.69 Å². The minimum Gasteiger partial charge on any atom is -0.474 e. The molecule has 1 aromatic carbocycles. The Bertz CT molecular complexity index is 1370. The van der Waals surface area contributed by atoms with Crippen LogP contribution in [-0.2, 0) is 4.74 Å². The number of nitrogen functional groups attached to an aromatic ring is 1. The van der Waals surface area contributed by atoms with E-state index in [4.69, 9.17) is 15.2 Å². The van der Waals surface area contributed by atoms with Crippen LogP contribution in [0.2, 0.25) is 0 Å². The highest BCUT2D eigenvalue weighted by Gasteiger charge is 2.58. The lowest BCUT2D eigenvalue weighted by Crippen LogP contribution is -2.33. The summed E-state index contributed by atoms with van der Waals surface area (Å²) >= 11 is 0. The van der Waals surface area contributed by atoms with E-state index in [1.54, 1.807) is 18.3 Å². The van der Waals surface area contributed by atoms with E-state index in [-0.39, 0.29) is 11.8 Å². The summed E-state index contributed by atoms with van der Waals surface area (Å²) in [6.07, 6.45) is 2.48. The van der Waals surface area contributed by atoms with Crippen molar-refractivity contribution in [3.05, 3.63) is 35.9 Å². The van der Waals surface area contributed by atoms with Crippen LogP contribution in [0.25, 0.3) is 21.9 Å². The van der Waals surface area contributed by atoms with Gasteiger partial charge in [-0.05, 0) is 43.9 Å². The first kappa shape index (κ1) is 22.8. The maximum absolute atomic E-state index is 15.4. The lowest BCUT2D eigenvalue weighted by molar-refractivity contribution is 0.121. The van der Waals surface area contributed by atoms with E-state index in [0.717, 1.165) is 24.3 Å². The van der Waals surface area contributed by atoms with Crippen molar-refractivity contribution < 1.29 is 18.7 Å². The van der Waals surface area contributed by atoms with Crippen LogP contribution in [0, 0.1) is 24.6 Å². The fraction of sp³-hybridized carbons (Fsp3) is 0.423. The molecule has 4 heterocycles. The van der Waals surface area contributed by atoms with Crippen LogP contribution >= 0.6 is 0 Å². The van der Waals surface area contributed by atoms with E-state index in [2.05, 4.69) is 39.3 Å². The third kappa shape index (κ3) is 3.76. The SMILES string of the molecule is Cc1c(-c2cc3cc(NC(=O)OC4[C@H]5CN(C(C)C)C[C@@H]45)ncc3c(N)c2F)cnc2c1NCCO2. The molecule has 3 atom stereocenters. The van der Waals surface area contributed by atoms with Crippen LogP contribution in [0.15, 0.2) is 24.5 Å². The number of rotatable bonds is 4. The Labute approximate surface area is 208 Å². The fourth-order valence-corrected chi connectivity index (χ4v) is 5.41. The van der Waals surface area contributed by atoms with E-state index in [0.29, 0.717) is 64.6 Å². The van der Waals surface area contributed by atoms with Crippen molar-refractivity contribution in [1.82, 2.24) is 14.9 Å². The molecule has 1 saturated heterocycles. The van der Waals surface area contributed by atoms with Crippen molar-refractivity contribution in [2.45, 2.75) is 32.9 Å². The van der Waals surface area contributed by atoms with Crippen molar-refractivity contribution in [2.75, 3.05) is 42.6 Å². The van der Waals surface area contributed by atoms with Crippen LogP contribution in [-0.4, -0.2) is 59.3 Å². The van der Waals surface area contributed by atoms with Crippen LogP contribution in [0.3, 0.4) is 0 Å². The molecule has 2 fully saturated rings. The summed E-state index contributed by atoms with van der Waals surface area (Å²) < 4.78 is 26.6. The summed E-state index contributed by atoms with van der Waals surface area (Å²) in [5.74, 6) is 1.08. The fourth-order valence-electron chi connectivity index (χ4n) is 5.41. The average Bonchev–Trinajstić information content (AvgIpc) is 3.28. The minimum absolute atomic E-state index is 0.00836. The number of benzene rings is 1. The first-order chi connectivity index (χ1) is 17.3. The highest BCUT2D eigenvalue weighted by atomic mass is 19.1. The predicted molar refractivity (Wildman–Crippen MR) is 136 cm³/mol. The Hall–Kier alpha value is -3.66. The third-order valence-corrected chi connectivity index (χ3v) is 7.58. The summed E-state index contributed by atoms with van der Waals surface area (Å²) in [4.78, 5) is 23.6. The molecule has 6 rings (SSSR count). The van der Waals surface area contributed by atoms with Crippen molar-refractivity contribution in [2.24, 2.45) is 11.8 Å². The van der Waals surface area contributed by atoms with Gasteiger partial charge in [-0.2, -0.15) is 0 Å². The van der Waals surface area contributed by atoms with Gasteiger partial charge in [0.15, 0.2) is 5.82 Å². The molecule has 1 unspecified atom stereocenters. The summed E-state index contributed by atoms with van der Waals surface area (Å²) in [6, 6.07) is 3.87. The van der Waals surface area contributed by atoms with Gasteiger partial charge in [0, 0.05) is 66.4 Å². The van der Waals surface area contributed by atoms with Crippen molar-refractivity contribution >= 4 is 34.1 Å². The van der Waals surface area contributed by atoms with Crippen LogP contribution in [0.4, 0.5) is 26.4 Å². The number of anilines is 3. The van der Waals surface area contributed by atoms with Gasteiger partial charge in [0.2, 0.25) is 5.88 Å². The number of ether oxygens (including phenoxy) is 2. The number of aromatic nitrogens is 2. The molecule has 0 bridgehead atoms. The quantitative estimate of drug-likeness (QED) is 0.468. The smallest absolute Gasteiger partial charge is 0.413 e. The van der Waals surface area contributed by atoms with Gasteiger partial charge >= 0.3 is 6.09 Å². The zero-order chi connectivity index (χ0) is 25.1. The Kier molecular flexibility index (Phi) is 5.36. The molecule has 10 heteroatoms. The Balaban J connectivity index is 1.24. The Morgan fingerprint density at radius 1 is 1.25 bits per heavy atom. The number of nitrogens with one attached hydrogen (secondary N) is 2. The summed E-state index contributed by atoms with van der Waals surface area (Å²) in [5, 5.41) is 7.09. The summed E-state index contributed by atoms with van der Waals surface area (Å²) in [5.41, 5.74) is 8.65. The maximum Gasteiger partial charge on any atom is 0.413 e. The summed E-state index contributed by atoms with van der Waals surface area (Å²) in [6.45, 7) is 9.34. The van der Waals surface area contributed by atoms with Crippen molar-refractivity contribution in [3.63, 3.8) is 0 Å². The molecule has 188 valence electrons. The molecule has 1 aliphatic carbocycles. The van der Waals surface area contributed by atoms with Crippen molar-refractivity contribution in [1.29, 1.82) is 0 Å². The van der Waals surface area contributed by atoms with Crippen molar-refractivity contribution in [3.8, 4) is 17.0 Å². The second kappa shape index (κ2) is 8.48. The number of carbonyl (C=O) groups excluding carboxylic acids is 1. The van der Waals surface area contributed by atoms with Gasteiger partial charge in [-0.25, -0.2) is 19.2 Å². The first-order valence-corrected chi connectivity index (χ1v) is 12.3. The Morgan fingerprint density at radius 2 is 2.03 bits per heavy atom. The zero-order valence-corrected chi connectivity index (χ0v) is 20.5. The highest BCUT2D eigenvalue weighted by molar-refractivity contribution is 5.99. The standard InChI is InChI=1S/C26H29FN6O3/c1-12(2)33-10-18-19(11-33)24(18)36-26(34)32-20-7-14-6-15(21(27)22(28)17(14)9-30-20)16-8-31-25-23(13(16)3)29-4-5-35-25/h6-9,12,18-19,24,29H,4-5,10-11,28H2,1-3H3,(H,30,32,34)/t18-,19+,24?. The average molecular weight is 493 g/mol. The van der Waals surface area contributed by atoms with Crippen LogP contribution in [0.1, 0.15) is 19.4 Å². The normalized spacial score (nSPS) is 22.5. The number of halogens is 1. The predicted octanol–water partition coefficient (Wildman–Crippen LogP) is 4.02. The monoisotopic (exact) mass is 492 g/mol. The molecule has 9 nitrogen and oxygen atoms in total. The topological polar surface area (TPSA) is 115 Å². The number of hydrogen-bond acceptors (Lipinski definition) is 8. The van der Waals surface area contributed by atoms with E-state index in [9.17, 15) is 4.79 Å². The molecular formula is C26H29FN6O3. The van der Waals surface area contributed by atoms with Gasteiger partial charge in [-0.3, -0.25) is 5.32 Å². The molecule has 4 N–H and O–H groups in total. The second-order valence-electron chi connectivity index (χ2n) is 10.1. The summed E-state index contributed by atoms with van der Waals surface area (Å²) in [7, 11) is 0. The third-order valence-electron chi connectivity index (χ3n) is 7.58. The highest BCUT2D eigenvalue weighted by Crippen LogP contribution is 2.48. The molecule has 3 aliphatic rings. The number of pyridine rings is 2. The number of piperidine rings is 1. The molecule has 36 heavy (non-hydrogen) atoms. The zero-order valence-electron chi connectivity index (χ0n) is 20.5. The number of amides is 1. The molecule has 3 aromatic rings. The Morgan fingerprint density at radius 3 is 2.78 bits per heavy atom. The van der Waals surface area contributed by atoms with Gasteiger partial charge in [-0.15, -0.1) is 0 Å². The van der Waals surface area contributed by atoms with E-state index >= 15 is 4.39 Å². The van der Waals surface area contributed by atoms with E-state index in [1.165, 1.54) is 6.20 Å². The number of nitrogens with two attached hydrogens (primary N) is 1. The molecule has 1 amide bonds. The van der Waals surface area contributed by atoms with E-state index < -0.39 is 11.9 Å². The number of likely N-dealkylation sites (tertiary alicyclic amines) is 1. The largest absolute Gasteiger partial charge is 0.474 e. The van der Waals surface area contributed by atoms with E-state index in [1.807, 2.05) is 6.92 Å².